The topological polar surface area (TPSA) is 728 Å². The number of nitrogens with zero attached hydrogens (tertiary/aromatic N) is 1. The molecule has 145 heavy (non-hydrogen) atoms. The zero-order chi connectivity index (χ0) is 108. The van der Waals surface area contributed by atoms with Crippen molar-refractivity contribution in [1.82, 2.24) is 58.1 Å². The van der Waals surface area contributed by atoms with Crippen LogP contribution < -0.4 is 72.1 Å². The fourth-order valence-corrected chi connectivity index (χ4v) is 14.7. The van der Waals surface area contributed by atoms with E-state index >= 15 is 8.78 Å². The van der Waals surface area contributed by atoms with Gasteiger partial charge < -0.3 is 171 Å². The number of fused-ring (bicyclic) bond motifs is 2. The van der Waals surface area contributed by atoms with Crippen molar-refractivity contribution >= 4 is 137 Å². The molecule has 51 nitrogen and oxygen atoms in total. The van der Waals surface area contributed by atoms with Crippen molar-refractivity contribution in [2.45, 2.75) is 151 Å². The summed E-state index contributed by atoms with van der Waals surface area (Å²) in [5.74, 6) is -15.0. The van der Waals surface area contributed by atoms with Crippen LogP contribution in [0.5, 0.6) is 23.0 Å². The predicted octanol–water partition coefficient (Wildman–Crippen LogP) is -6.15. The molecule has 12 amide bonds. The van der Waals surface area contributed by atoms with Gasteiger partial charge in [-0.3, -0.25) is 81.6 Å². The summed E-state index contributed by atoms with van der Waals surface area (Å²) in [6.45, 7) is 2.82. The number of imide groups is 1. The van der Waals surface area contributed by atoms with E-state index in [0.29, 0.717) is 22.8 Å². The number of thiophene rings is 2. The molecule has 0 aliphatic carbocycles. The van der Waals surface area contributed by atoms with E-state index in [9.17, 15) is 118 Å². The lowest BCUT2D eigenvalue weighted by Gasteiger charge is -2.26. The van der Waals surface area contributed by atoms with Gasteiger partial charge in [0.05, 0.1) is 207 Å². The fraction of sp³-hybridized carbons (Fsp3) is 0.622. The van der Waals surface area contributed by atoms with Gasteiger partial charge in [0.15, 0.2) is 46.2 Å². The van der Waals surface area contributed by atoms with Crippen LogP contribution >= 0.6 is 22.7 Å². The maximum atomic E-state index is 16.2. The summed E-state index contributed by atoms with van der Waals surface area (Å²) in [6, 6.07) is 2.53. The second-order valence-corrected chi connectivity index (χ2v) is 34.0. The molecule has 4 aromatic rings. The molecule has 1 fully saturated rings. The van der Waals surface area contributed by atoms with Crippen LogP contribution in [0, 0.1) is 11.6 Å². The van der Waals surface area contributed by atoms with Crippen molar-refractivity contribution in [3.8, 4) is 23.0 Å². The van der Waals surface area contributed by atoms with E-state index < -0.39 is 265 Å². The molecule has 55 heteroatoms. The van der Waals surface area contributed by atoms with Gasteiger partial charge in [0.1, 0.15) is 74.6 Å². The highest BCUT2D eigenvalue weighted by Crippen LogP contribution is 2.43. The lowest BCUT2D eigenvalue weighted by atomic mass is 10.0. The number of halogens is 2. The molecule has 1 aliphatic heterocycles. The van der Waals surface area contributed by atoms with Gasteiger partial charge in [0.2, 0.25) is 70.9 Å². The van der Waals surface area contributed by atoms with Crippen LogP contribution in [0.3, 0.4) is 0 Å². The second-order valence-electron chi connectivity index (χ2n) is 31.8. The van der Waals surface area contributed by atoms with Gasteiger partial charge in [-0.2, -0.15) is 0 Å². The van der Waals surface area contributed by atoms with Gasteiger partial charge in [-0.25, -0.2) is 8.78 Å². The van der Waals surface area contributed by atoms with Crippen molar-refractivity contribution in [2.24, 2.45) is 0 Å². The molecule has 0 radical (unpaired) electrons. The lowest BCUT2D eigenvalue weighted by molar-refractivity contribution is -0.148. The number of methoxy groups -OCH3 is 2. The highest BCUT2D eigenvalue weighted by Gasteiger charge is 2.36. The molecule has 1 saturated heterocycles. The number of amides is 12. The standard InChI is InChI=1S/C90H131F2N11O40S2/c1-6-140-79(122)15-9-57(106)67-35-53-65(144-67)37-63(130-4)87(81(53)91)141-49-51(2)50-142-88-64(131-5)38-66-54(82(88)92)36-68(145-66)58(107)10-16-80(123)143-52(3)39-94-69(112)11-8-56(102-76(119)46-103-77(120)13-14-78(103)121)90(129)100-45-75(118)98-44-74(117)97-43-73(116)96-42-72(115)93-18-20-133-22-24-135-26-28-137-30-32-139-34-33-138-31-29-136-27-25-134-23-21-132-19-17-71(114)101-55(89(128)99-41-60(109)84(125)86(127)62(111)48-105)7-12-70(113)95-40-59(108)83(124)85(126)61(110)47-104/h35-38,52,55-56,59-62,83-86,104-105,108-111,124-127H,2,6-34,39-50H2,1,3-5H3,(H,93,115)(H,94,112)(H,95,113)(H,96,116)(H,97,117)(H,98,118)(H,99,128)(H,100,129)(H,101,114)(H,102,119)/t52-,55-,56-,59-,60-,61+,62+,83+,84+,85+,86+/m0/s1/i13T/t13?,52-,55-,56-,59-,60-,61+,62+,83+,84+,85+,86+. The number of aliphatic hydroxyl groups is 10. The third kappa shape index (κ3) is 46.9. The van der Waals surface area contributed by atoms with Crippen LogP contribution in [0.2, 0.25) is 0 Å². The quantitative estimate of drug-likeness (QED) is 0.00643. The number of esters is 2. The number of benzene rings is 2. The van der Waals surface area contributed by atoms with Gasteiger partial charge >= 0.3 is 11.9 Å². The van der Waals surface area contributed by atoms with Crippen molar-refractivity contribution in [1.29, 1.82) is 0 Å². The predicted molar refractivity (Wildman–Crippen MR) is 502 cm³/mol. The summed E-state index contributed by atoms with van der Waals surface area (Å²) in [5.41, 5.74) is 0.211. The summed E-state index contributed by atoms with van der Waals surface area (Å²) in [5, 5.41) is 121. The van der Waals surface area contributed by atoms with Gasteiger partial charge in [0, 0.05) is 98.2 Å². The largest absolute Gasteiger partial charge is 0.493 e. The SMILES string of the molecule is [3H]C1CC(=O)N(CC(=O)N[C@@H](CCC(=O)NC[C@H](C)OC(=O)CCC(=O)c2cc3c(F)c(OCC(=C)COc4c(OC)cc5sc(C(=O)CCC(=O)OCC)cc5c4F)c(OC)cc3s2)C(=O)NCC(=O)NCC(=O)NCC(=O)NCC(=O)NCCOCCOCCOCCOCCOCCOCCOCCOCCC(=O)N[C@@H](CCC(=O)NC[C@H](O)[C@@H](O)[C@H](O)[C@H](O)CO)C(=O)NC[C@H](O)[C@@H](O)[C@H](O)[C@H](O)CO)C1=O. The molecule has 0 bridgehead atoms. The Labute approximate surface area is 840 Å². The summed E-state index contributed by atoms with van der Waals surface area (Å²) in [7, 11) is 2.56. The molecule has 12 atom stereocenters. The number of aliphatic hydroxyl groups excluding tert-OH is 10. The van der Waals surface area contributed by atoms with E-state index in [2.05, 4.69) is 59.7 Å². The maximum Gasteiger partial charge on any atom is 0.306 e. The lowest BCUT2D eigenvalue weighted by Crippen LogP contribution is -2.53. The van der Waals surface area contributed by atoms with Crippen LogP contribution in [-0.2, 0) is 114 Å². The Bertz CT molecular complexity index is 4910. The zero-order valence-electron chi connectivity index (χ0n) is 81.5. The van der Waals surface area contributed by atoms with Gasteiger partial charge in [-0.05, 0) is 44.4 Å². The van der Waals surface area contributed by atoms with Gasteiger partial charge in [-0.15, -0.1) is 22.7 Å². The first kappa shape index (κ1) is 122. The average molecular weight is 2110 g/mol. The van der Waals surface area contributed by atoms with Crippen LogP contribution in [0.15, 0.2) is 36.4 Å². The monoisotopic (exact) mass is 2110 g/mol. The molecule has 1 aliphatic rings. The van der Waals surface area contributed by atoms with Crippen LogP contribution in [-0.4, -0.2) is 429 Å². The number of hydrogen-bond acceptors (Lipinski definition) is 42. The number of carbonyl (C=O) groups is 16. The minimum absolute atomic E-state index is 0.00623. The minimum atomic E-state index is -2.02. The van der Waals surface area contributed by atoms with E-state index in [1.165, 1.54) is 45.4 Å². The van der Waals surface area contributed by atoms with Crippen LogP contribution in [0.1, 0.15) is 105 Å². The highest BCUT2D eigenvalue weighted by molar-refractivity contribution is 7.21. The number of likely N-dealkylation sites (tertiary alicyclic amines) is 1. The molecule has 3 heterocycles. The van der Waals surface area contributed by atoms with Crippen molar-refractivity contribution in [3.05, 3.63) is 57.8 Å². The Morgan fingerprint density at radius 2 is 0.821 bits per heavy atom. The number of hydrogen-bond donors (Lipinski definition) is 20. The Morgan fingerprint density at radius 1 is 0.441 bits per heavy atom. The number of nitrogens with one attached hydrogen (secondary N) is 10. The summed E-state index contributed by atoms with van der Waals surface area (Å²) >= 11 is 1.92. The number of ether oxygens (including phenoxy) is 14. The maximum absolute atomic E-state index is 16.2. The fourth-order valence-electron chi connectivity index (χ4n) is 12.6. The third-order valence-electron chi connectivity index (χ3n) is 20.5. The van der Waals surface area contributed by atoms with E-state index in [0.717, 1.165) is 22.7 Å². The summed E-state index contributed by atoms with van der Waals surface area (Å²) in [6.07, 6.45) is -21.3. The Hall–Kier alpha value is -11.4. The number of Topliss-reactive ketones (excluding diaryl/α,β-unsaturated/α-hetero) is 2. The molecule has 1 unspecified atom stereocenters. The molecular weight excluding hydrogens is 1980 g/mol. The van der Waals surface area contributed by atoms with Crippen LogP contribution in [0.25, 0.3) is 20.2 Å². The Balaban J connectivity index is 0.861. The summed E-state index contributed by atoms with van der Waals surface area (Å²) in [4.78, 5) is 205. The second kappa shape index (κ2) is 68.8. The summed E-state index contributed by atoms with van der Waals surface area (Å²) < 4.78 is 117. The Morgan fingerprint density at radius 3 is 1.23 bits per heavy atom. The molecule has 20 N–H and O–H groups in total. The van der Waals surface area contributed by atoms with E-state index in [-0.39, 0.29) is 217 Å². The molecule has 0 saturated carbocycles. The van der Waals surface area contributed by atoms with Gasteiger partial charge in [-0.1, -0.05) is 6.58 Å². The molecule has 0 spiro atoms. The van der Waals surface area contributed by atoms with Gasteiger partial charge in [0.25, 0.3) is 0 Å². The first-order valence-corrected chi connectivity index (χ1v) is 47.6. The smallest absolute Gasteiger partial charge is 0.306 e. The van der Waals surface area contributed by atoms with Crippen molar-refractivity contribution in [2.75, 3.05) is 212 Å². The van der Waals surface area contributed by atoms with E-state index in [4.69, 9.17) is 77.9 Å². The van der Waals surface area contributed by atoms with Crippen molar-refractivity contribution in [3.63, 3.8) is 0 Å². The number of ketones is 2. The normalized spacial score (nSPS) is 14.8. The molecular formula is C90H131F2N11O40S2. The molecule has 812 valence electrons. The highest BCUT2D eigenvalue weighted by atomic mass is 32.1. The Kier molecular flexibility index (Phi) is 58.0. The molecule has 5 rings (SSSR count). The number of rotatable bonds is 79. The van der Waals surface area contributed by atoms with Crippen molar-refractivity contribution < 1.29 is 204 Å². The van der Waals surface area contributed by atoms with E-state index in [1.54, 1.807) is 6.92 Å². The first-order valence-electron chi connectivity index (χ1n) is 46.5. The third-order valence-corrected chi connectivity index (χ3v) is 22.8. The first-order chi connectivity index (χ1) is 69.7. The minimum Gasteiger partial charge on any atom is -0.493 e. The zero-order valence-corrected chi connectivity index (χ0v) is 82.1. The van der Waals surface area contributed by atoms with E-state index in [1.807, 2.05) is 0 Å². The molecule has 2 aromatic heterocycles. The molecule has 2 aromatic carbocycles. The number of carbonyl (C=O) groups excluding carboxylic acids is 16. The van der Waals surface area contributed by atoms with Crippen LogP contribution in [0.4, 0.5) is 8.78 Å². The average Bonchev–Trinajstić information content (AvgIpc) is 1.63.